The molecule has 5 fully saturated rings. The van der Waals surface area contributed by atoms with E-state index in [4.69, 9.17) is 4.74 Å². The van der Waals surface area contributed by atoms with Gasteiger partial charge in [0.1, 0.15) is 0 Å². The van der Waals surface area contributed by atoms with E-state index in [0.29, 0.717) is 18.6 Å². The first-order valence-corrected chi connectivity index (χ1v) is 9.60. The average Bonchev–Trinajstić information content (AvgIpc) is 2.54. The number of rotatable bonds is 4. The number of hydrogen-bond donors (Lipinski definition) is 1. The maximum absolute atomic E-state index is 13.5. The molecule has 1 amide bonds. The zero-order valence-corrected chi connectivity index (χ0v) is 15.9. The molecule has 1 heterocycles. The van der Waals surface area contributed by atoms with Crippen molar-refractivity contribution >= 4 is 18.3 Å². The Hall–Kier alpha value is -0.320. The van der Waals surface area contributed by atoms with E-state index >= 15 is 0 Å². The lowest BCUT2D eigenvalue weighted by molar-refractivity contribution is -0.157. The fourth-order valence-corrected chi connectivity index (χ4v) is 6.64. The van der Waals surface area contributed by atoms with Crippen LogP contribution in [0, 0.1) is 29.1 Å². The maximum Gasteiger partial charge on any atom is 0.231 e. The van der Waals surface area contributed by atoms with Gasteiger partial charge in [0.05, 0.1) is 12.0 Å². The van der Waals surface area contributed by atoms with Crippen molar-refractivity contribution in [2.45, 2.75) is 51.0 Å². The lowest BCUT2D eigenvalue weighted by atomic mass is 9.53. The fourth-order valence-electron chi connectivity index (χ4n) is 6.64. The smallest absolute Gasteiger partial charge is 0.231 e. The first-order chi connectivity index (χ1) is 11.1. The summed E-state index contributed by atoms with van der Waals surface area (Å²) in [4.78, 5) is 15.6. The molecule has 0 unspecified atom stereocenters. The standard InChI is InChI=1S/C19H32N2O2.ClH/c1-21(18(22)19(12-23-2)3-5-20-6-4-19)17-15-8-13-7-14(10-15)11-16(17)9-13;/h13-17,20H,3-12H2,1-2H3;1H. The zero-order chi connectivity index (χ0) is 16.0. The first-order valence-electron chi connectivity index (χ1n) is 9.60. The largest absolute Gasteiger partial charge is 0.384 e. The summed E-state index contributed by atoms with van der Waals surface area (Å²) in [6.45, 7) is 2.44. The van der Waals surface area contributed by atoms with Crippen molar-refractivity contribution in [3.05, 3.63) is 0 Å². The molecular weight excluding hydrogens is 324 g/mol. The van der Waals surface area contributed by atoms with Gasteiger partial charge in [0.25, 0.3) is 0 Å². The topological polar surface area (TPSA) is 41.6 Å². The molecule has 24 heavy (non-hydrogen) atoms. The fraction of sp³-hybridized carbons (Fsp3) is 0.947. The Morgan fingerprint density at radius 2 is 1.62 bits per heavy atom. The van der Waals surface area contributed by atoms with Gasteiger partial charge in [0.15, 0.2) is 0 Å². The van der Waals surface area contributed by atoms with Gasteiger partial charge in [0, 0.05) is 20.2 Å². The molecule has 138 valence electrons. The van der Waals surface area contributed by atoms with Gasteiger partial charge in [-0.3, -0.25) is 4.79 Å². The van der Waals surface area contributed by atoms with Crippen molar-refractivity contribution in [1.29, 1.82) is 0 Å². The molecule has 0 aromatic rings. The molecule has 4 saturated carbocycles. The highest BCUT2D eigenvalue weighted by Crippen LogP contribution is 2.55. The van der Waals surface area contributed by atoms with Crippen molar-refractivity contribution < 1.29 is 9.53 Å². The summed E-state index contributed by atoms with van der Waals surface area (Å²) in [5.74, 6) is 3.81. The van der Waals surface area contributed by atoms with Crippen LogP contribution in [0.4, 0.5) is 0 Å². The Balaban J connectivity index is 0.00000169. The minimum Gasteiger partial charge on any atom is -0.384 e. The third-order valence-electron chi connectivity index (χ3n) is 7.38. The van der Waals surface area contributed by atoms with Crippen LogP contribution in [0.5, 0.6) is 0 Å². The molecule has 4 aliphatic carbocycles. The summed E-state index contributed by atoms with van der Waals surface area (Å²) in [6, 6.07) is 0.499. The molecule has 5 rings (SSSR count). The second-order valence-electron chi connectivity index (χ2n) is 8.80. The molecular formula is C19H33ClN2O2. The van der Waals surface area contributed by atoms with Crippen LogP contribution >= 0.6 is 12.4 Å². The summed E-state index contributed by atoms with van der Waals surface area (Å²) in [7, 11) is 3.83. The molecule has 0 spiro atoms. The van der Waals surface area contributed by atoms with Gasteiger partial charge < -0.3 is 15.0 Å². The monoisotopic (exact) mass is 356 g/mol. The SMILES string of the molecule is COCC1(C(=O)N(C)C2C3CC4CC(C3)CC2C4)CCNCC1.Cl. The Bertz CT molecular complexity index is 431. The van der Waals surface area contributed by atoms with E-state index in [2.05, 4.69) is 17.3 Å². The molecule has 0 radical (unpaired) electrons. The Morgan fingerprint density at radius 3 is 2.12 bits per heavy atom. The summed E-state index contributed by atoms with van der Waals surface area (Å²) in [5, 5.41) is 3.40. The van der Waals surface area contributed by atoms with E-state index in [0.717, 1.165) is 49.6 Å². The maximum atomic E-state index is 13.5. The number of hydrogen-bond acceptors (Lipinski definition) is 3. The summed E-state index contributed by atoms with van der Waals surface area (Å²) >= 11 is 0. The minimum absolute atomic E-state index is 0. The van der Waals surface area contributed by atoms with Crippen LogP contribution in [-0.2, 0) is 9.53 Å². The normalized spacial score (nSPS) is 39.3. The van der Waals surface area contributed by atoms with Crippen LogP contribution in [0.1, 0.15) is 44.9 Å². The van der Waals surface area contributed by atoms with Gasteiger partial charge in [-0.15, -0.1) is 12.4 Å². The summed E-state index contributed by atoms with van der Waals surface area (Å²) < 4.78 is 5.49. The van der Waals surface area contributed by atoms with Gasteiger partial charge in [0.2, 0.25) is 5.91 Å². The quantitative estimate of drug-likeness (QED) is 0.842. The van der Waals surface area contributed by atoms with Crippen LogP contribution in [0.2, 0.25) is 0 Å². The molecule has 4 bridgehead atoms. The third kappa shape index (κ3) is 2.99. The number of nitrogens with zero attached hydrogens (tertiary/aromatic N) is 1. The highest BCUT2D eigenvalue weighted by molar-refractivity contribution is 5.85. The van der Waals surface area contributed by atoms with Gasteiger partial charge >= 0.3 is 0 Å². The third-order valence-corrected chi connectivity index (χ3v) is 7.38. The minimum atomic E-state index is -0.288. The molecule has 1 saturated heterocycles. The van der Waals surface area contributed by atoms with E-state index in [1.807, 2.05) is 0 Å². The van der Waals surface area contributed by atoms with E-state index in [9.17, 15) is 4.79 Å². The Kier molecular flexibility index (Phi) is 5.48. The van der Waals surface area contributed by atoms with Crippen LogP contribution in [0.15, 0.2) is 0 Å². The molecule has 1 N–H and O–H groups in total. The van der Waals surface area contributed by atoms with Gasteiger partial charge in [-0.05, 0) is 81.7 Å². The number of halogens is 1. The Labute approximate surface area is 152 Å². The van der Waals surface area contributed by atoms with Gasteiger partial charge in [-0.1, -0.05) is 0 Å². The zero-order valence-electron chi connectivity index (χ0n) is 15.1. The average molecular weight is 357 g/mol. The molecule has 1 aliphatic heterocycles. The number of nitrogens with one attached hydrogen (secondary N) is 1. The van der Waals surface area contributed by atoms with Crippen molar-refractivity contribution in [1.82, 2.24) is 10.2 Å². The van der Waals surface area contributed by atoms with Crippen LogP contribution in [-0.4, -0.2) is 50.7 Å². The first kappa shape index (κ1) is 18.5. The van der Waals surface area contributed by atoms with E-state index in [1.54, 1.807) is 7.11 Å². The number of carbonyl (C=O) groups is 1. The number of amides is 1. The van der Waals surface area contributed by atoms with Crippen molar-refractivity contribution in [2.24, 2.45) is 29.1 Å². The van der Waals surface area contributed by atoms with Gasteiger partial charge in [-0.25, -0.2) is 0 Å². The number of carbonyl (C=O) groups excluding carboxylic acids is 1. The molecule has 5 heteroatoms. The molecule has 4 nitrogen and oxygen atoms in total. The van der Waals surface area contributed by atoms with Crippen molar-refractivity contribution in [2.75, 3.05) is 33.9 Å². The second kappa shape index (κ2) is 7.13. The molecule has 5 aliphatic rings. The lowest BCUT2D eigenvalue weighted by Crippen LogP contribution is -2.60. The van der Waals surface area contributed by atoms with Gasteiger partial charge in [-0.2, -0.15) is 0 Å². The van der Waals surface area contributed by atoms with E-state index in [1.165, 1.54) is 32.1 Å². The summed E-state index contributed by atoms with van der Waals surface area (Å²) in [6.07, 6.45) is 8.77. The lowest BCUT2D eigenvalue weighted by Gasteiger charge is -2.57. The number of methoxy groups -OCH3 is 1. The predicted molar refractivity (Wildman–Crippen MR) is 97.3 cm³/mol. The van der Waals surface area contributed by atoms with Crippen molar-refractivity contribution in [3.63, 3.8) is 0 Å². The molecule has 0 atom stereocenters. The van der Waals surface area contributed by atoms with Crippen LogP contribution < -0.4 is 5.32 Å². The highest BCUT2D eigenvalue weighted by Gasteiger charge is 2.52. The van der Waals surface area contributed by atoms with Crippen LogP contribution in [0.3, 0.4) is 0 Å². The molecule has 0 aromatic heterocycles. The molecule has 0 aromatic carbocycles. The second-order valence-corrected chi connectivity index (χ2v) is 8.80. The van der Waals surface area contributed by atoms with E-state index < -0.39 is 0 Å². The van der Waals surface area contributed by atoms with Crippen molar-refractivity contribution in [3.8, 4) is 0 Å². The Morgan fingerprint density at radius 1 is 1.08 bits per heavy atom. The van der Waals surface area contributed by atoms with E-state index in [-0.39, 0.29) is 17.8 Å². The number of piperidine rings is 1. The highest BCUT2D eigenvalue weighted by atomic mass is 35.5. The predicted octanol–water partition coefficient (Wildman–Crippen LogP) is 2.71. The number of ether oxygens (including phenoxy) is 1. The summed E-state index contributed by atoms with van der Waals surface area (Å²) in [5.41, 5.74) is -0.288. The van der Waals surface area contributed by atoms with Crippen LogP contribution in [0.25, 0.3) is 0 Å².